The summed E-state index contributed by atoms with van der Waals surface area (Å²) < 4.78 is 5.31. The average Bonchev–Trinajstić information content (AvgIpc) is 3.08. The number of aryl methyl sites for hydroxylation is 1. The smallest absolute Gasteiger partial charge is 0.307 e. The Morgan fingerprint density at radius 3 is 2.45 bits per heavy atom. The van der Waals surface area contributed by atoms with Crippen molar-refractivity contribution in [1.82, 2.24) is 0 Å². The Bertz CT molecular complexity index is 984. The van der Waals surface area contributed by atoms with Crippen LogP contribution < -0.4 is 15.4 Å². The number of ether oxygens (including phenoxy) is 1. The van der Waals surface area contributed by atoms with Gasteiger partial charge >= 0.3 is 5.97 Å². The SMILES string of the molecule is CCc1c(C)sc(NC(=O)[C@@H]2CCCC[C@H]2C(=O)O)c1C(=O)Nc1ccccc1OC. The molecule has 1 aromatic heterocycles. The van der Waals surface area contributed by atoms with E-state index >= 15 is 0 Å². The summed E-state index contributed by atoms with van der Waals surface area (Å²) in [4.78, 5) is 38.8. The van der Waals surface area contributed by atoms with Crippen LogP contribution in [0.1, 0.15) is 53.4 Å². The number of anilines is 2. The number of rotatable bonds is 7. The van der Waals surface area contributed by atoms with Gasteiger partial charge in [-0.25, -0.2) is 0 Å². The van der Waals surface area contributed by atoms with Crippen molar-refractivity contribution in [3.63, 3.8) is 0 Å². The quantitative estimate of drug-likeness (QED) is 0.574. The van der Waals surface area contributed by atoms with E-state index in [2.05, 4.69) is 10.6 Å². The maximum Gasteiger partial charge on any atom is 0.307 e. The van der Waals surface area contributed by atoms with Gasteiger partial charge in [0, 0.05) is 4.88 Å². The zero-order valence-electron chi connectivity index (χ0n) is 18.0. The maximum atomic E-state index is 13.2. The molecule has 1 saturated carbocycles. The van der Waals surface area contributed by atoms with Crippen molar-refractivity contribution < 1.29 is 24.2 Å². The number of para-hydroxylation sites is 2. The Morgan fingerprint density at radius 1 is 1.13 bits per heavy atom. The second-order valence-corrected chi connectivity index (χ2v) is 8.90. The first-order valence-corrected chi connectivity index (χ1v) is 11.3. The van der Waals surface area contributed by atoms with Crippen molar-refractivity contribution in [1.29, 1.82) is 0 Å². The zero-order valence-corrected chi connectivity index (χ0v) is 18.8. The van der Waals surface area contributed by atoms with E-state index in [0.717, 1.165) is 23.3 Å². The number of carbonyl (C=O) groups excluding carboxylic acids is 2. The molecule has 2 atom stereocenters. The number of nitrogens with one attached hydrogen (secondary N) is 2. The lowest BCUT2D eigenvalue weighted by molar-refractivity contribution is -0.147. The van der Waals surface area contributed by atoms with Gasteiger partial charge in [-0.1, -0.05) is 31.9 Å². The van der Waals surface area contributed by atoms with Crippen LogP contribution in [0.3, 0.4) is 0 Å². The highest BCUT2D eigenvalue weighted by molar-refractivity contribution is 7.16. The lowest BCUT2D eigenvalue weighted by Crippen LogP contribution is -2.36. The largest absolute Gasteiger partial charge is 0.495 e. The van der Waals surface area contributed by atoms with Crippen LogP contribution in [0.4, 0.5) is 10.7 Å². The first kappa shape index (κ1) is 22.8. The predicted octanol–water partition coefficient (Wildman–Crippen LogP) is 4.71. The van der Waals surface area contributed by atoms with E-state index in [1.54, 1.807) is 18.2 Å². The number of aliphatic carboxylic acids is 1. The van der Waals surface area contributed by atoms with Gasteiger partial charge in [0.25, 0.3) is 5.91 Å². The van der Waals surface area contributed by atoms with Crippen LogP contribution in [0.2, 0.25) is 0 Å². The summed E-state index contributed by atoms with van der Waals surface area (Å²) in [6.07, 6.45) is 3.31. The van der Waals surface area contributed by atoms with Crippen molar-refractivity contribution in [3.8, 4) is 5.75 Å². The second kappa shape index (κ2) is 9.96. The molecule has 8 heteroatoms. The molecule has 1 aliphatic rings. The molecule has 166 valence electrons. The van der Waals surface area contributed by atoms with Gasteiger partial charge in [-0.15, -0.1) is 11.3 Å². The van der Waals surface area contributed by atoms with Gasteiger partial charge in [0.2, 0.25) is 5.91 Å². The van der Waals surface area contributed by atoms with Gasteiger partial charge in [0.05, 0.1) is 30.2 Å². The van der Waals surface area contributed by atoms with Crippen molar-refractivity contribution in [2.45, 2.75) is 46.0 Å². The van der Waals surface area contributed by atoms with Crippen LogP contribution in [-0.4, -0.2) is 30.0 Å². The van der Waals surface area contributed by atoms with Crippen LogP contribution >= 0.6 is 11.3 Å². The Hall–Kier alpha value is -2.87. The molecule has 7 nitrogen and oxygen atoms in total. The summed E-state index contributed by atoms with van der Waals surface area (Å²) in [5, 5.41) is 15.7. The van der Waals surface area contributed by atoms with Gasteiger partial charge in [-0.2, -0.15) is 0 Å². The summed E-state index contributed by atoms with van der Waals surface area (Å²) in [5.74, 6) is -2.35. The van der Waals surface area contributed by atoms with E-state index in [0.29, 0.717) is 41.3 Å². The number of methoxy groups -OCH3 is 1. The molecule has 1 heterocycles. The molecule has 3 rings (SSSR count). The molecule has 1 fully saturated rings. The molecule has 0 radical (unpaired) electrons. The molecular weight excluding hydrogens is 416 g/mol. The number of hydrogen-bond acceptors (Lipinski definition) is 5. The zero-order chi connectivity index (χ0) is 22.5. The number of carboxylic acid groups (broad SMARTS) is 1. The van der Waals surface area contributed by atoms with Crippen molar-refractivity contribution >= 4 is 39.8 Å². The molecule has 2 amide bonds. The molecular formula is C23H28N2O5S. The van der Waals surface area contributed by atoms with Crippen LogP contribution in [0.25, 0.3) is 0 Å². The Labute approximate surface area is 185 Å². The lowest BCUT2D eigenvalue weighted by atomic mass is 9.79. The summed E-state index contributed by atoms with van der Waals surface area (Å²) in [6.45, 7) is 3.88. The Kier molecular flexibility index (Phi) is 7.33. The fourth-order valence-corrected chi connectivity index (χ4v) is 5.36. The molecule has 0 unspecified atom stereocenters. The number of carbonyl (C=O) groups is 3. The summed E-state index contributed by atoms with van der Waals surface area (Å²) in [5.41, 5.74) is 1.83. The number of amides is 2. The number of benzene rings is 1. The van der Waals surface area contributed by atoms with E-state index in [1.807, 2.05) is 19.9 Å². The Balaban J connectivity index is 1.89. The van der Waals surface area contributed by atoms with Gasteiger partial charge in [0.1, 0.15) is 10.8 Å². The standard InChI is InChI=1S/C23H28N2O5S/c1-4-14-13(2)31-22(25-20(26)15-9-5-6-10-16(15)23(28)29)19(14)21(27)24-17-11-7-8-12-18(17)30-3/h7-8,11-12,15-16H,4-6,9-10H2,1-3H3,(H,24,27)(H,25,26)(H,28,29)/t15-,16-/m1/s1. The van der Waals surface area contributed by atoms with E-state index in [9.17, 15) is 19.5 Å². The van der Waals surface area contributed by atoms with Crippen LogP contribution in [0.15, 0.2) is 24.3 Å². The highest BCUT2D eigenvalue weighted by Gasteiger charge is 2.36. The minimum Gasteiger partial charge on any atom is -0.495 e. The fourth-order valence-electron chi connectivity index (χ4n) is 4.21. The van der Waals surface area contributed by atoms with Crippen molar-refractivity contribution in [2.24, 2.45) is 11.8 Å². The molecule has 1 aromatic carbocycles. The normalized spacial score (nSPS) is 18.3. The van der Waals surface area contributed by atoms with Gasteiger partial charge in [-0.3, -0.25) is 14.4 Å². The third-order valence-electron chi connectivity index (χ3n) is 5.80. The minimum atomic E-state index is -0.939. The minimum absolute atomic E-state index is 0.331. The number of thiophene rings is 1. The average molecular weight is 445 g/mol. The fraction of sp³-hybridized carbons (Fsp3) is 0.435. The van der Waals surface area contributed by atoms with Crippen LogP contribution in [0, 0.1) is 18.8 Å². The Morgan fingerprint density at radius 2 is 1.81 bits per heavy atom. The molecule has 0 saturated heterocycles. The van der Waals surface area contributed by atoms with Crippen LogP contribution in [-0.2, 0) is 16.0 Å². The molecule has 1 aliphatic carbocycles. The lowest BCUT2D eigenvalue weighted by Gasteiger charge is -2.27. The number of hydrogen-bond donors (Lipinski definition) is 3. The van der Waals surface area contributed by atoms with Gasteiger partial charge in [-0.05, 0) is 43.9 Å². The van der Waals surface area contributed by atoms with E-state index in [4.69, 9.17) is 4.74 Å². The summed E-state index contributed by atoms with van der Waals surface area (Å²) in [6, 6.07) is 7.12. The first-order valence-electron chi connectivity index (χ1n) is 10.5. The topological polar surface area (TPSA) is 105 Å². The maximum absolute atomic E-state index is 13.2. The van der Waals surface area contributed by atoms with Gasteiger partial charge in [0.15, 0.2) is 0 Å². The van der Waals surface area contributed by atoms with E-state index in [1.165, 1.54) is 18.4 Å². The third-order valence-corrected chi connectivity index (χ3v) is 6.86. The second-order valence-electron chi connectivity index (χ2n) is 7.67. The first-order chi connectivity index (χ1) is 14.9. The predicted molar refractivity (Wildman–Crippen MR) is 121 cm³/mol. The molecule has 0 aliphatic heterocycles. The molecule has 31 heavy (non-hydrogen) atoms. The molecule has 0 spiro atoms. The molecule has 3 N–H and O–H groups in total. The van der Waals surface area contributed by atoms with Crippen molar-refractivity contribution in [2.75, 3.05) is 17.7 Å². The van der Waals surface area contributed by atoms with Crippen LogP contribution in [0.5, 0.6) is 5.75 Å². The van der Waals surface area contributed by atoms with E-state index < -0.39 is 17.8 Å². The van der Waals surface area contributed by atoms with E-state index in [-0.39, 0.29) is 11.8 Å². The highest BCUT2D eigenvalue weighted by Crippen LogP contribution is 2.37. The van der Waals surface area contributed by atoms with Crippen molar-refractivity contribution in [3.05, 3.63) is 40.3 Å². The molecule has 0 bridgehead atoms. The van der Waals surface area contributed by atoms with Gasteiger partial charge < -0.3 is 20.5 Å². The number of carboxylic acids is 1. The highest BCUT2D eigenvalue weighted by atomic mass is 32.1. The molecule has 2 aromatic rings. The summed E-state index contributed by atoms with van der Waals surface area (Å²) >= 11 is 1.34. The summed E-state index contributed by atoms with van der Waals surface area (Å²) in [7, 11) is 1.53. The third kappa shape index (κ3) is 4.90. The monoisotopic (exact) mass is 444 g/mol.